The number of nitrogens with zero attached hydrogens (tertiary/aromatic N) is 3. The smallest absolute Gasteiger partial charge is 0.251 e. The maximum absolute atomic E-state index is 13.1. The van der Waals surface area contributed by atoms with Crippen LogP contribution in [0.25, 0.3) is 0 Å². The molecule has 0 heterocycles. The van der Waals surface area contributed by atoms with Gasteiger partial charge in [-0.1, -0.05) is 63.3 Å². The van der Waals surface area contributed by atoms with Gasteiger partial charge in [0, 0.05) is 32.3 Å². The summed E-state index contributed by atoms with van der Waals surface area (Å²) in [6, 6.07) is 0. The summed E-state index contributed by atoms with van der Waals surface area (Å²) < 4.78 is 0. The highest BCUT2D eigenvalue weighted by Gasteiger charge is 2.40. The number of aliphatic imine (C=N–C) groups is 1. The zero-order chi connectivity index (χ0) is 27.1. The van der Waals surface area contributed by atoms with E-state index in [4.69, 9.17) is 5.11 Å². The third kappa shape index (κ3) is 9.95. The number of carbonyl (C=O) groups is 2. The molecule has 1 saturated carbocycles. The highest BCUT2D eigenvalue weighted by molar-refractivity contribution is 8.13. The van der Waals surface area contributed by atoms with Gasteiger partial charge in [-0.3, -0.25) is 9.59 Å². The number of thioether (sulfide) groups is 1. The number of rotatable bonds is 13. The Morgan fingerprint density at radius 3 is 2.36 bits per heavy atom. The van der Waals surface area contributed by atoms with Crippen molar-refractivity contribution in [3.8, 4) is 0 Å². The molecule has 0 spiro atoms. The average molecular weight is 520 g/mol. The highest BCUT2D eigenvalue weighted by Crippen LogP contribution is 2.29. The minimum atomic E-state index is -0.957. The van der Waals surface area contributed by atoms with Crippen LogP contribution in [-0.4, -0.2) is 90.6 Å². The number of nitrogens with one attached hydrogen (secondary N) is 2. The number of aliphatic hydroxyl groups excluding tert-OH is 1. The molecule has 3 N–H and O–H groups in total. The number of allylic oxidation sites excluding steroid dienone is 2. The van der Waals surface area contributed by atoms with Gasteiger partial charge in [0.1, 0.15) is 5.54 Å². The van der Waals surface area contributed by atoms with Crippen LogP contribution in [0.15, 0.2) is 53.2 Å². The molecular formula is C27H45N5O3S. The van der Waals surface area contributed by atoms with Gasteiger partial charge in [-0.2, -0.15) is 0 Å². The molecular weight excluding hydrogens is 474 g/mol. The number of hydrogen-bond acceptors (Lipinski definition) is 6. The van der Waals surface area contributed by atoms with Crippen LogP contribution in [-0.2, 0) is 9.59 Å². The number of amidine groups is 1. The Balaban J connectivity index is 2.89. The van der Waals surface area contributed by atoms with E-state index in [1.54, 1.807) is 36.9 Å². The summed E-state index contributed by atoms with van der Waals surface area (Å²) in [5.41, 5.74) is 0.592. The van der Waals surface area contributed by atoms with Crippen molar-refractivity contribution in [2.45, 2.75) is 51.5 Å². The highest BCUT2D eigenvalue weighted by atomic mass is 32.2. The van der Waals surface area contributed by atoms with Crippen LogP contribution < -0.4 is 10.6 Å². The fraction of sp³-hybridized carbons (Fsp3) is 0.593. The van der Waals surface area contributed by atoms with Crippen molar-refractivity contribution < 1.29 is 14.7 Å². The van der Waals surface area contributed by atoms with Crippen LogP contribution in [0, 0.1) is 0 Å². The predicted octanol–water partition coefficient (Wildman–Crippen LogP) is 3.09. The van der Waals surface area contributed by atoms with Crippen molar-refractivity contribution in [2.24, 2.45) is 4.99 Å². The molecule has 1 aliphatic rings. The predicted molar refractivity (Wildman–Crippen MR) is 152 cm³/mol. The lowest BCUT2D eigenvalue weighted by atomic mass is 9.80. The zero-order valence-corrected chi connectivity index (χ0v) is 23.5. The van der Waals surface area contributed by atoms with Crippen LogP contribution >= 0.6 is 11.8 Å². The molecule has 0 aromatic rings. The summed E-state index contributed by atoms with van der Waals surface area (Å²) in [4.78, 5) is 34.9. The van der Waals surface area contributed by atoms with E-state index >= 15 is 0 Å². The van der Waals surface area contributed by atoms with Gasteiger partial charge in [-0.05, 0) is 51.3 Å². The number of aliphatic hydroxyl groups is 1. The second kappa shape index (κ2) is 16.4. The van der Waals surface area contributed by atoms with Gasteiger partial charge in [0.15, 0.2) is 5.17 Å². The molecule has 9 heteroatoms. The van der Waals surface area contributed by atoms with Crippen LogP contribution in [0.4, 0.5) is 0 Å². The first-order valence-electron chi connectivity index (χ1n) is 12.6. The lowest BCUT2D eigenvalue weighted by Gasteiger charge is -2.36. The fourth-order valence-electron chi connectivity index (χ4n) is 3.83. The molecule has 0 aliphatic heterocycles. The Bertz CT molecular complexity index is 859. The minimum Gasteiger partial charge on any atom is -0.395 e. The molecule has 1 aliphatic carbocycles. The maximum Gasteiger partial charge on any atom is 0.251 e. The number of hydrogen-bond donors (Lipinski definition) is 3. The van der Waals surface area contributed by atoms with Crippen molar-refractivity contribution in [2.75, 3.05) is 53.1 Å². The molecule has 8 nitrogen and oxygen atoms in total. The van der Waals surface area contributed by atoms with Crippen molar-refractivity contribution in [3.63, 3.8) is 0 Å². The van der Waals surface area contributed by atoms with Crippen molar-refractivity contribution in [3.05, 3.63) is 48.2 Å². The van der Waals surface area contributed by atoms with Gasteiger partial charge in [0.25, 0.3) is 5.91 Å². The van der Waals surface area contributed by atoms with E-state index in [1.807, 2.05) is 13.3 Å². The fourth-order valence-corrected chi connectivity index (χ4v) is 4.43. The Kier molecular flexibility index (Phi) is 14.4. The monoisotopic (exact) mass is 519 g/mol. The summed E-state index contributed by atoms with van der Waals surface area (Å²) in [6.45, 7) is 14.8. The summed E-state index contributed by atoms with van der Waals surface area (Å²) in [6.07, 6.45) is 11.0. The van der Waals surface area contributed by atoms with Crippen molar-refractivity contribution in [1.82, 2.24) is 20.4 Å². The molecule has 0 aromatic heterocycles. The van der Waals surface area contributed by atoms with E-state index < -0.39 is 5.54 Å². The Hall–Kier alpha value is -2.36. The Morgan fingerprint density at radius 1 is 1.14 bits per heavy atom. The maximum atomic E-state index is 13.1. The molecule has 1 fully saturated rings. The van der Waals surface area contributed by atoms with E-state index in [2.05, 4.69) is 52.6 Å². The van der Waals surface area contributed by atoms with Gasteiger partial charge in [-0.15, -0.1) is 0 Å². The summed E-state index contributed by atoms with van der Waals surface area (Å²) in [5.74, 6) is -0.559. The molecule has 2 amide bonds. The standard InChI is InChI=1S/C27H45N5O3S/c1-8-23(24(34)30-27(15-11-10-12-16-27)25(35)28-17-20-33)14-13-21(3)22(4)29-26(36-7)32(6)19-18-31(5)9-2/h8,13-14,33H,3-4,9-12,15-20H2,1-2,5-7H3,(H,28,35)(H,30,34)/b14-13-,23-8+,29-26?. The first kappa shape index (κ1) is 31.7. The van der Waals surface area contributed by atoms with E-state index in [9.17, 15) is 9.59 Å². The SMILES string of the molecule is C=C(/C=C\C(=C/C)C(=O)NC1(C(=O)NCCO)CCCCC1)C(=C)N=C(SC)N(C)CCN(C)CC. The van der Waals surface area contributed by atoms with Gasteiger partial charge in [0.05, 0.1) is 12.3 Å². The second-order valence-electron chi connectivity index (χ2n) is 9.04. The second-order valence-corrected chi connectivity index (χ2v) is 9.82. The van der Waals surface area contributed by atoms with Crippen LogP contribution in [0.2, 0.25) is 0 Å². The first-order chi connectivity index (χ1) is 17.1. The third-order valence-electron chi connectivity index (χ3n) is 6.40. The summed E-state index contributed by atoms with van der Waals surface area (Å²) in [7, 11) is 4.09. The normalized spacial score (nSPS) is 16.2. The van der Waals surface area contributed by atoms with Crippen LogP contribution in [0.1, 0.15) is 46.0 Å². The number of likely N-dealkylation sites (N-methyl/N-ethyl adjacent to an activating group) is 2. The van der Waals surface area contributed by atoms with E-state index in [-0.39, 0.29) is 25.0 Å². The number of amides is 2. The molecule has 202 valence electrons. The number of carbonyl (C=O) groups excluding carboxylic acids is 2. The summed E-state index contributed by atoms with van der Waals surface area (Å²) in [5, 5.41) is 15.6. The van der Waals surface area contributed by atoms with E-state index in [1.165, 1.54) is 0 Å². The molecule has 0 radical (unpaired) electrons. The van der Waals surface area contributed by atoms with Crippen LogP contribution in [0.3, 0.4) is 0 Å². The topological polar surface area (TPSA) is 97.3 Å². The molecule has 0 unspecified atom stereocenters. The Labute approximate surface area is 221 Å². The minimum absolute atomic E-state index is 0.142. The molecule has 0 atom stereocenters. The third-order valence-corrected chi connectivity index (χ3v) is 7.16. The van der Waals surface area contributed by atoms with Crippen LogP contribution in [0.5, 0.6) is 0 Å². The van der Waals surface area contributed by atoms with Gasteiger partial charge < -0.3 is 25.5 Å². The molecule has 0 saturated heterocycles. The summed E-state index contributed by atoms with van der Waals surface area (Å²) >= 11 is 1.55. The molecule has 0 bridgehead atoms. The molecule has 1 rings (SSSR count). The largest absolute Gasteiger partial charge is 0.395 e. The molecule has 0 aromatic carbocycles. The van der Waals surface area contributed by atoms with Gasteiger partial charge >= 0.3 is 0 Å². The van der Waals surface area contributed by atoms with Gasteiger partial charge in [0.2, 0.25) is 5.91 Å². The quantitative estimate of drug-likeness (QED) is 0.150. The van der Waals surface area contributed by atoms with Gasteiger partial charge in [-0.25, -0.2) is 4.99 Å². The first-order valence-corrected chi connectivity index (χ1v) is 13.8. The zero-order valence-electron chi connectivity index (χ0n) is 22.7. The van der Waals surface area contributed by atoms with E-state index in [0.29, 0.717) is 29.7 Å². The van der Waals surface area contributed by atoms with Crippen molar-refractivity contribution in [1.29, 1.82) is 0 Å². The Morgan fingerprint density at radius 2 is 1.81 bits per heavy atom. The lowest BCUT2D eigenvalue weighted by molar-refractivity contribution is -0.133. The van der Waals surface area contributed by atoms with E-state index in [0.717, 1.165) is 44.1 Å². The van der Waals surface area contributed by atoms with Crippen molar-refractivity contribution >= 4 is 28.7 Å². The molecule has 36 heavy (non-hydrogen) atoms. The average Bonchev–Trinajstić information content (AvgIpc) is 2.88. The lowest BCUT2D eigenvalue weighted by Crippen LogP contribution is -2.60.